The van der Waals surface area contributed by atoms with Crippen LogP contribution in [-0.4, -0.2) is 30.7 Å². The van der Waals surface area contributed by atoms with Crippen LogP contribution in [0.4, 0.5) is 5.82 Å². The summed E-state index contributed by atoms with van der Waals surface area (Å²) in [5, 5.41) is 4.80. The summed E-state index contributed by atoms with van der Waals surface area (Å²) in [5.74, 6) is 0.248. The van der Waals surface area contributed by atoms with Gasteiger partial charge in [-0.25, -0.2) is 24.4 Å². The molecule has 8 nitrogen and oxygen atoms in total. The molecule has 2 aromatic carbocycles. The molecule has 0 fully saturated rings. The molecule has 0 amide bonds. The van der Waals surface area contributed by atoms with Gasteiger partial charge in [-0.3, -0.25) is 0 Å². The summed E-state index contributed by atoms with van der Waals surface area (Å²) in [7, 11) is 0. The number of rotatable bonds is 4. The molecule has 0 aliphatic carbocycles. The zero-order valence-electron chi connectivity index (χ0n) is 13.6. The van der Waals surface area contributed by atoms with E-state index >= 15 is 0 Å². The zero-order valence-corrected chi connectivity index (χ0v) is 13.6. The number of nitrogens with two attached hydrogens (primary N) is 1. The number of hydrogen-bond acceptors (Lipinski definition) is 7. The average molecular weight is 346 g/mol. The Balaban J connectivity index is 1.47. The van der Waals surface area contributed by atoms with E-state index in [4.69, 9.17) is 10.5 Å². The van der Waals surface area contributed by atoms with E-state index in [9.17, 15) is 4.79 Å². The number of carbonyl (C=O) groups excluding carboxylic acids is 1. The van der Waals surface area contributed by atoms with Gasteiger partial charge < -0.3 is 10.5 Å². The van der Waals surface area contributed by atoms with Crippen LogP contribution in [-0.2, 0) is 11.3 Å². The van der Waals surface area contributed by atoms with Gasteiger partial charge in [-0.2, -0.15) is 5.10 Å². The number of esters is 1. The van der Waals surface area contributed by atoms with Gasteiger partial charge in [0, 0.05) is 5.39 Å². The number of nitrogens with zero attached hydrogens (tertiary/aromatic N) is 5. The van der Waals surface area contributed by atoms with Crippen LogP contribution in [0.15, 0.2) is 61.2 Å². The summed E-state index contributed by atoms with van der Waals surface area (Å²) < 4.78 is 6.89. The molecular formula is C18H14N6O2. The fraction of sp³-hybridized carbons (Fsp3) is 0.0556. The van der Waals surface area contributed by atoms with Gasteiger partial charge in [-0.1, -0.05) is 12.1 Å². The number of aromatic nitrogens is 5. The second-order valence-electron chi connectivity index (χ2n) is 5.51. The molecule has 26 heavy (non-hydrogen) atoms. The third-order valence-electron chi connectivity index (χ3n) is 3.80. The molecule has 128 valence electrons. The number of carbonyl (C=O) groups is 1. The van der Waals surface area contributed by atoms with Crippen LogP contribution in [0.5, 0.6) is 0 Å². The van der Waals surface area contributed by atoms with Crippen molar-refractivity contribution >= 4 is 22.7 Å². The first-order valence-electron chi connectivity index (χ1n) is 7.84. The van der Waals surface area contributed by atoms with Crippen molar-refractivity contribution in [2.75, 3.05) is 5.73 Å². The van der Waals surface area contributed by atoms with Crippen molar-refractivity contribution in [3.8, 4) is 5.69 Å². The maximum atomic E-state index is 12.2. The highest BCUT2D eigenvalue weighted by Crippen LogP contribution is 2.17. The van der Waals surface area contributed by atoms with E-state index in [1.54, 1.807) is 35.3 Å². The normalized spacial score (nSPS) is 10.8. The van der Waals surface area contributed by atoms with Crippen molar-refractivity contribution in [2.45, 2.75) is 6.61 Å². The Bertz CT molecular complexity index is 1060. The van der Waals surface area contributed by atoms with Crippen molar-refractivity contribution in [2.24, 2.45) is 0 Å². The van der Waals surface area contributed by atoms with Crippen LogP contribution < -0.4 is 5.73 Å². The highest BCUT2D eigenvalue weighted by molar-refractivity contribution is 5.90. The summed E-state index contributed by atoms with van der Waals surface area (Å²) in [4.78, 5) is 24.7. The lowest BCUT2D eigenvalue weighted by Crippen LogP contribution is -2.09. The first-order chi connectivity index (χ1) is 12.7. The molecular weight excluding hydrogens is 332 g/mol. The van der Waals surface area contributed by atoms with Gasteiger partial charge in [0.2, 0.25) is 0 Å². The maximum Gasteiger partial charge on any atom is 0.338 e. The molecule has 8 heteroatoms. The molecule has 0 unspecified atom stereocenters. The van der Waals surface area contributed by atoms with Crippen LogP contribution >= 0.6 is 0 Å². The molecule has 4 aromatic rings. The Morgan fingerprint density at radius 2 is 1.88 bits per heavy atom. The van der Waals surface area contributed by atoms with E-state index in [1.165, 1.54) is 6.33 Å². The standard InChI is InChI=1S/C18H14N6O2/c19-17-14-3-1-2-4-15(14)22-16(23-17)9-26-18(25)12-5-7-13(8-6-12)24-11-20-10-21-24/h1-8,10-11H,9H2,(H2,19,22,23). The van der Waals surface area contributed by atoms with Gasteiger partial charge in [0.25, 0.3) is 0 Å². The topological polar surface area (TPSA) is 109 Å². The molecule has 0 saturated heterocycles. The van der Waals surface area contributed by atoms with E-state index in [-0.39, 0.29) is 6.61 Å². The quantitative estimate of drug-likeness (QED) is 0.564. The van der Waals surface area contributed by atoms with Crippen molar-refractivity contribution in [3.05, 3.63) is 72.6 Å². The van der Waals surface area contributed by atoms with E-state index in [0.717, 1.165) is 11.1 Å². The summed E-state index contributed by atoms with van der Waals surface area (Å²) >= 11 is 0. The molecule has 0 bridgehead atoms. The molecule has 2 aromatic heterocycles. The molecule has 0 radical (unpaired) electrons. The molecule has 0 spiro atoms. The Morgan fingerprint density at radius 1 is 1.08 bits per heavy atom. The first-order valence-corrected chi connectivity index (χ1v) is 7.84. The number of para-hydroxylation sites is 1. The average Bonchev–Trinajstić information content (AvgIpc) is 3.21. The number of benzene rings is 2. The monoisotopic (exact) mass is 346 g/mol. The Hall–Kier alpha value is -3.81. The predicted molar refractivity (Wildman–Crippen MR) is 94.4 cm³/mol. The summed E-state index contributed by atoms with van der Waals surface area (Å²) in [6.45, 7) is -0.0569. The molecule has 2 heterocycles. The lowest BCUT2D eigenvalue weighted by atomic mass is 10.2. The number of hydrogen-bond donors (Lipinski definition) is 1. The van der Waals surface area contributed by atoms with Gasteiger partial charge in [0.1, 0.15) is 18.5 Å². The molecule has 0 saturated carbocycles. The lowest BCUT2D eigenvalue weighted by Gasteiger charge is -2.07. The van der Waals surface area contributed by atoms with Crippen LogP contribution in [0, 0.1) is 0 Å². The number of ether oxygens (including phenoxy) is 1. The van der Waals surface area contributed by atoms with Gasteiger partial charge >= 0.3 is 5.97 Å². The van der Waals surface area contributed by atoms with E-state index in [1.807, 2.05) is 24.3 Å². The highest BCUT2D eigenvalue weighted by Gasteiger charge is 2.11. The van der Waals surface area contributed by atoms with Crippen LogP contribution in [0.25, 0.3) is 16.6 Å². The Morgan fingerprint density at radius 3 is 2.65 bits per heavy atom. The van der Waals surface area contributed by atoms with Crippen molar-refractivity contribution in [1.29, 1.82) is 0 Å². The van der Waals surface area contributed by atoms with Gasteiger partial charge in [-0.05, 0) is 36.4 Å². The van der Waals surface area contributed by atoms with Gasteiger partial charge in [0.15, 0.2) is 12.4 Å². The third-order valence-corrected chi connectivity index (χ3v) is 3.80. The summed E-state index contributed by atoms with van der Waals surface area (Å²) in [5.41, 5.74) is 7.86. The molecule has 0 atom stereocenters. The Kier molecular flexibility index (Phi) is 3.98. The van der Waals surface area contributed by atoms with Crippen LogP contribution in [0.3, 0.4) is 0 Å². The Labute approximate surface area is 148 Å². The lowest BCUT2D eigenvalue weighted by molar-refractivity contribution is 0.0462. The van der Waals surface area contributed by atoms with Crippen molar-refractivity contribution in [3.63, 3.8) is 0 Å². The van der Waals surface area contributed by atoms with Crippen molar-refractivity contribution < 1.29 is 9.53 Å². The van der Waals surface area contributed by atoms with Gasteiger partial charge in [-0.15, -0.1) is 0 Å². The fourth-order valence-corrected chi connectivity index (χ4v) is 2.52. The highest BCUT2D eigenvalue weighted by atomic mass is 16.5. The SMILES string of the molecule is Nc1nc(COC(=O)c2ccc(-n3cncn3)cc2)nc2ccccc12. The summed E-state index contributed by atoms with van der Waals surface area (Å²) in [6, 6.07) is 14.3. The number of fused-ring (bicyclic) bond motifs is 1. The number of anilines is 1. The van der Waals surface area contributed by atoms with Gasteiger partial charge in [0.05, 0.1) is 16.8 Å². The van der Waals surface area contributed by atoms with Crippen LogP contribution in [0.1, 0.15) is 16.2 Å². The smallest absolute Gasteiger partial charge is 0.338 e. The molecule has 0 aliphatic heterocycles. The zero-order chi connectivity index (χ0) is 17.9. The predicted octanol–water partition coefficient (Wildman–Crippen LogP) is 2.15. The minimum absolute atomic E-state index is 0.0569. The minimum atomic E-state index is -0.467. The van der Waals surface area contributed by atoms with Crippen LogP contribution in [0.2, 0.25) is 0 Å². The fourth-order valence-electron chi connectivity index (χ4n) is 2.52. The number of nitrogen functional groups attached to an aromatic ring is 1. The van der Waals surface area contributed by atoms with Crippen molar-refractivity contribution in [1.82, 2.24) is 24.7 Å². The second kappa shape index (κ2) is 6.60. The minimum Gasteiger partial charge on any atom is -0.454 e. The summed E-state index contributed by atoms with van der Waals surface area (Å²) in [6.07, 6.45) is 3.02. The molecule has 4 rings (SSSR count). The molecule has 0 aliphatic rings. The second-order valence-corrected chi connectivity index (χ2v) is 5.51. The van der Waals surface area contributed by atoms with E-state index in [0.29, 0.717) is 22.7 Å². The largest absolute Gasteiger partial charge is 0.454 e. The van der Waals surface area contributed by atoms with E-state index in [2.05, 4.69) is 20.1 Å². The molecule has 2 N–H and O–H groups in total. The maximum absolute atomic E-state index is 12.2. The first kappa shape index (κ1) is 15.7. The van der Waals surface area contributed by atoms with E-state index < -0.39 is 5.97 Å². The third kappa shape index (κ3) is 3.07.